The first kappa shape index (κ1) is 13.9. The monoisotopic (exact) mass is 243 g/mol. The van der Waals surface area contributed by atoms with Crippen molar-refractivity contribution in [2.24, 2.45) is 0 Å². The molecule has 0 atom stereocenters. The van der Waals surface area contributed by atoms with E-state index in [1.165, 1.54) is 12.1 Å². The van der Waals surface area contributed by atoms with E-state index in [9.17, 15) is 8.78 Å². The zero-order valence-electron chi connectivity index (χ0n) is 10.5. The number of hydrogen-bond acceptors (Lipinski definition) is 2. The molecule has 0 saturated heterocycles. The molecule has 1 aromatic carbocycles. The molecule has 0 saturated carbocycles. The zero-order chi connectivity index (χ0) is 12.9. The largest absolute Gasteiger partial charge is 0.491 e. The fraction of sp³-hybridized carbons (Fsp3) is 0.538. The van der Waals surface area contributed by atoms with Crippen LogP contribution in [-0.2, 0) is 6.54 Å². The van der Waals surface area contributed by atoms with Crippen LogP contribution in [0.2, 0.25) is 0 Å². The van der Waals surface area contributed by atoms with Crippen LogP contribution in [0.4, 0.5) is 8.78 Å². The first-order valence-corrected chi connectivity index (χ1v) is 5.64. The summed E-state index contributed by atoms with van der Waals surface area (Å²) in [4.78, 5) is 0. The summed E-state index contributed by atoms with van der Waals surface area (Å²) < 4.78 is 30.3. The average molecular weight is 243 g/mol. The van der Waals surface area contributed by atoms with Crippen LogP contribution < -0.4 is 10.1 Å². The van der Waals surface area contributed by atoms with E-state index in [4.69, 9.17) is 4.74 Å². The Morgan fingerprint density at radius 1 is 1.24 bits per heavy atom. The minimum absolute atomic E-state index is 0.0354. The molecule has 0 aliphatic carbocycles. The molecule has 1 rings (SSSR count). The second kappa shape index (κ2) is 5.96. The molecule has 0 radical (unpaired) electrons. The minimum Gasteiger partial charge on any atom is -0.491 e. The van der Waals surface area contributed by atoms with Gasteiger partial charge in [0.05, 0.1) is 0 Å². The van der Waals surface area contributed by atoms with Gasteiger partial charge in [-0.15, -0.1) is 0 Å². The summed E-state index contributed by atoms with van der Waals surface area (Å²) in [5, 5.41) is 3.25. The standard InChI is InChI=1S/C13H19F2NO/c1-13(2,3)16-9-10-6-11(15)8-12(7-10)17-5-4-14/h6-8,16H,4-5,9H2,1-3H3. The average Bonchev–Trinajstić information content (AvgIpc) is 2.22. The SMILES string of the molecule is CC(C)(C)NCc1cc(F)cc(OCCF)c1. The van der Waals surface area contributed by atoms with Gasteiger partial charge in [0.1, 0.15) is 24.8 Å². The maximum Gasteiger partial charge on any atom is 0.127 e. The number of halogens is 2. The van der Waals surface area contributed by atoms with Gasteiger partial charge in [0.25, 0.3) is 0 Å². The molecule has 4 heteroatoms. The molecule has 1 aromatic rings. The summed E-state index contributed by atoms with van der Waals surface area (Å²) in [6, 6.07) is 4.43. The number of ether oxygens (including phenoxy) is 1. The number of alkyl halides is 1. The Bertz CT molecular complexity index is 361. The van der Waals surface area contributed by atoms with Gasteiger partial charge >= 0.3 is 0 Å². The topological polar surface area (TPSA) is 21.3 Å². The fourth-order valence-electron chi connectivity index (χ4n) is 1.33. The highest BCUT2D eigenvalue weighted by atomic mass is 19.1. The van der Waals surface area contributed by atoms with Gasteiger partial charge in [-0.3, -0.25) is 0 Å². The van der Waals surface area contributed by atoms with Crippen molar-refractivity contribution in [2.75, 3.05) is 13.3 Å². The molecule has 0 aliphatic rings. The molecule has 2 nitrogen and oxygen atoms in total. The van der Waals surface area contributed by atoms with Crippen LogP contribution in [0.5, 0.6) is 5.75 Å². The number of nitrogens with one attached hydrogen (secondary N) is 1. The van der Waals surface area contributed by atoms with Crippen LogP contribution in [0.3, 0.4) is 0 Å². The predicted molar refractivity (Wildman–Crippen MR) is 64.5 cm³/mol. The molecule has 0 spiro atoms. The van der Waals surface area contributed by atoms with Gasteiger partial charge in [0.15, 0.2) is 0 Å². The lowest BCUT2D eigenvalue weighted by Gasteiger charge is -2.20. The Labute approximate surface area is 101 Å². The van der Waals surface area contributed by atoms with Crippen LogP contribution in [0.15, 0.2) is 18.2 Å². The molecule has 0 bridgehead atoms. The Hall–Kier alpha value is -1.16. The Kier molecular flexibility index (Phi) is 4.87. The van der Waals surface area contributed by atoms with E-state index in [-0.39, 0.29) is 18.0 Å². The van der Waals surface area contributed by atoms with Gasteiger partial charge in [-0.25, -0.2) is 8.78 Å². The molecule has 0 heterocycles. The first-order valence-electron chi connectivity index (χ1n) is 5.64. The predicted octanol–water partition coefficient (Wildman–Crippen LogP) is 3.06. The molecule has 96 valence electrons. The van der Waals surface area contributed by atoms with Gasteiger partial charge in [0.2, 0.25) is 0 Å². The van der Waals surface area contributed by atoms with Crippen molar-refractivity contribution in [2.45, 2.75) is 32.9 Å². The highest BCUT2D eigenvalue weighted by Gasteiger charge is 2.09. The molecule has 1 N–H and O–H groups in total. The third-order valence-corrected chi connectivity index (χ3v) is 2.10. The van der Waals surface area contributed by atoms with Gasteiger partial charge in [-0.1, -0.05) is 0 Å². The lowest BCUT2D eigenvalue weighted by Crippen LogP contribution is -2.35. The smallest absolute Gasteiger partial charge is 0.127 e. The van der Waals surface area contributed by atoms with Gasteiger partial charge in [-0.05, 0) is 38.5 Å². The molecule has 0 aliphatic heterocycles. The zero-order valence-corrected chi connectivity index (χ0v) is 10.5. The third kappa shape index (κ3) is 5.63. The van der Waals surface area contributed by atoms with Crippen LogP contribution in [-0.4, -0.2) is 18.8 Å². The summed E-state index contributed by atoms with van der Waals surface area (Å²) >= 11 is 0. The molecule has 0 amide bonds. The van der Waals surface area contributed by atoms with Gasteiger partial charge < -0.3 is 10.1 Å². The van der Waals surface area contributed by atoms with E-state index in [1.807, 2.05) is 20.8 Å². The second-order valence-electron chi connectivity index (χ2n) is 4.94. The van der Waals surface area contributed by atoms with Crippen molar-refractivity contribution in [3.8, 4) is 5.75 Å². The van der Waals surface area contributed by atoms with E-state index in [2.05, 4.69) is 5.32 Å². The van der Waals surface area contributed by atoms with Crippen molar-refractivity contribution >= 4 is 0 Å². The van der Waals surface area contributed by atoms with E-state index in [1.54, 1.807) is 6.07 Å². The first-order chi connectivity index (χ1) is 7.90. The Morgan fingerprint density at radius 2 is 1.94 bits per heavy atom. The van der Waals surface area contributed by atoms with Gasteiger partial charge in [-0.2, -0.15) is 0 Å². The summed E-state index contributed by atoms with van der Waals surface area (Å²) in [5.74, 6) is 0.000395. The van der Waals surface area contributed by atoms with E-state index >= 15 is 0 Å². The van der Waals surface area contributed by atoms with E-state index < -0.39 is 6.67 Å². The van der Waals surface area contributed by atoms with E-state index in [0.29, 0.717) is 12.3 Å². The molecule has 0 fully saturated rings. The number of hydrogen-bond donors (Lipinski definition) is 1. The van der Waals surface area contributed by atoms with Crippen LogP contribution in [0, 0.1) is 5.82 Å². The van der Waals surface area contributed by atoms with Crippen molar-refractivity contribution in [1.29, 1.82) is 0 Å². The summed E-state index contributed by atoms with van der Waals surface area (Å²) in [5.41, 5.74) is 0.750. The number of rotatable bonds is 5. The minimum atomic E-state index is -0.577. The van der Waals surface area contributed by atoms with Crippen LogP contribution in [0.1, 0.15) is 26.3 Å². The lowest BCUT2D eigenvalue weighted by molar-refractivity contribution is 0.272. The molecule has 0 unspecified atom stereocenters. The lowest BCUT2D eigenvalue weighted by atomic mass is 10.1. The van der Waals surface area contributed by atoms with Crippen molar-refractivity contribution in [3.63, 3.8) is 0 Å². The van der Waals surface area contributed by atoms with Crippen molar-refractivity contribution in [3.05, 3.63) is 29.6 Å². The number of benzene rings is 1. The van der Waals surface area contributed by atoms with Crippen molar-refractivity contribution < 1.29 is 13.5 Å². The Balaban J connectivity index is 2.68. The third-order valence-electron chi connectivity index (χ3n) is 2.10. The highest BCUT2D eigenvalue weighted by Crippen LogP contribution is 2.17. The van der Waals surface area contributed by atoms with Gasteiger partial charge in [0, 0.05) is 18.2 Å². The second-order valence-corrected chi connectivity index (χ2v) is 4.94. The molecular formula is C13H19F2NO. The molecule has 0 aromatic heterocycles. The summed E-state index contributed by atoms with van der Waals surface area (Å²) in [7, 11) is 0. The van der Waals surface area contributed by atoms with Crippen molar-refractivity contribution in [1.82, 2.24) is 5.32 Å². The van der Waals surface area contributed by atoms with E-state index in [0.717, 1.165) is 5.56 Å². The normalized spacial score (nSPS) is 11.6. The maximum atomic E-state index is 13.3. The Morgan fingerprint density at radius 3 is 2.53 bits per heavy atom. The highest BCUT2D eigenvalue weighted by molar-refractivity contribution is 5.29. The van der Waals surface area contributed by atoms with Crippen LogP contribution in [0.25, 0.3) is 0 Å². The molecular weight excluding hydrogens is 224 g/mol. The maximum absolute atomic E-state index is 13.3. The quantitative estimate of drug-likeness (QED) is 0.858. The summed E-state index contributed by atoms with van der Waals surface area (Å²) in [6.07, 6.45) is 0. The fourth-order valence-corrected chi connectivity index (χ4v) is 1.33. The molecule has 17 heavy (non-hydrogen) atoms. The summed E-state index contributed by atoms with van der Waals surface area (Å²) in [6.45, 7) is 6.03. The van der Waals surface area contributed by atoms with Crippen LogP contribution >= 0.6 is 0 Å².